The molecule has 1 aromatic heterocycles. The summed E-state index contributed by atoms with van der Waals surface area (Å²) in [4.78, 5) is 10.5. The van der Waals surface area contributed by atoms with Gasteiger partial charge >= 0.3 is 6.03 Å². The zero-order valence-electron chi connectivity index (χ0n) is 8.73. The summed E-state index contributed by atoms with van der Waals surface area (Å²) < 4.78 is 1.20. The largest absolute Gasteiger partial charge is 0.350 e. The first-order chi connectivity index (χ1) is 7.68. The second-order valence-corrected chi connectivity index (χ2v) is 4.23. The van der Waals surface area contributed by atoms with Crippen LogP contribution in [0.1, 0.15) is 12.5 Å². The van der Waals surface area contributed by atoms with E-state index in [2.05, 4.69) is 16.6 Å². The van der Waals surface area contributed by atoms with E-state index in [1.165, 1.54) is 4.70 Å². The lowest BCUT2D eigenvalue weighted by molar-refractivity contribution is 0.249. The number of thiophene rings is 1. The molecule has 0 aliphatic rings. The Kier molecular flexibility index (Phi) is 2.87. The van der Waals surface area contributed by atoms with Gasteiger partial charge in [-0.1, -0.05) is 18.2 Å². The molecule has 0 fully saturated rings. The summed E-state index contributed by atoms with van der Waals surface area (Å²) in [6, 6.07) is 7.41. The zero-order valence-corrected chi connectivity index (χ0v) is 9.54. The van der Waals surface area contributed by atoms with Crippen molar-refractivity contribution in [3.63, 3.8) is 0 Å². The Bertz CT molecular complexity index is 559. The smallest absolute Gasteiger partial charge is 0.332 e. The minimum atomic E-state index is -0.654. The number of primary amides is 1. The molecular weight excluding hydrogens is 222 g/mol. The van der Waals surface area contributed by atoms with Crippen LogP contribution in [-0.2, 0) is 0 Å². The molecule has 0 spiro atoms. The Balaban J connectivity index is 2.40. The van der Waals surface area contributed by atoms with Gasteiger partial charge in [0.15, 0.2) is 0 Å². The second-order valence-electron chi connectivity index (χ2n) is 3.32. The summed E-state index contributed by atoms with van der Waals surface area (Å²) in [7, 11) is 0. The molecule has 2 amide bonds. The van der Waals surface area contributed by atoms with E-state index in [9.17, 15) is 4.79 Å². The highest BCUT2D eigenvalue weighted by molar-refractivity contribution is 7.17. The molecule has 16 heavy (non-hydrogen) atoms. The number of hydrogen-bond acceptors (Lipinski definition) is 3. The van der Waals surface area contributed by atoms with Crippen LogP contribution in [0, 0.1) is 0 Å². The third kappa shape index (κ3) is 2.04. The molecule has 5 heteroatoms. The second kappa shape index (κ2) is 4.32. The predicted molar refractivity (Wildman–Crippen MR) is 66.8 cm³/mol. The Morgan fingerprint density at radius 1 is 1.44 bits per heavy atom. The van der Waals surface area contributed by atoms with Crippen molar-refractivity contribution >= 4 is 33.2 Å². The summed E-state index contributed by atoms with van der Waals surface area (Å²) in [5.74, 6) is 0. The molecule has 0 saturated carbocycles. The van der Waals surface area contributed by atoms with Gasteiger partial charge in [-0.25, -0.2) is 10.2 Å². The molecule has 4 nitrogen and oxygen atoms in total. The van der Waals surface area contributed by atoms with E-state index < -0.39 is 6.03 Å². The van der Waals surface area contributed by atoms with Crippen LogP contribution in [-0.4, -0.2) is 11.7 Å². The number of hydrazone groups is 1. The molecule has 0 aliphatic carbocycles. The minimum absolute atomic E-state index is 0.654. The van der Waals surface area contributed by atoms with E-state index in [0.717, 1.165) is 16.7 Å². The molecule has 0 radical (unpaired) electrons. The van der Waals surface area contributed by atoms with Crippen LogP contribution in [0.5, 0.6) is 0 Å². The molecule has 1 heterocycles. The van der Waals surface area contributed by atoms with Gasteiger partial charge in [0.25, 0.3) is 0 Å². The van der Waals surface area contributed by atoms with Gasteiger partial charge < -0.3 is 5.73 Å². The maximum absolute atomic E-state index is 10.5. The molecule has 0 saturated heterocycles. The maximum atomic E-state index is 10.5. The summed E-state index contributed by atoms with van der Waals surface area (Å²) in [6.45, 7) is 1.84. The molecule has 0 atom stereocenters. The van der Waals surface area contributed by atoms with Crippen LogP contribution in [0.3, 0.4) is 0 Å². The fourth-order valence-corrected chi connectivity index (χ4v) is 2.46. The number of rotatable bonds is 2. The van der Waals surface area contributed by atoms with E-state index in [1.807, 2.05) is 30.5 Å². The highest BCUT2D eigenvalue weighted by Gasteiger charge is 2.06. The van der Waals surface area contributed by atoms with Crippen molar-refractivity contribution in [3.05, 3.63) is 35.2 Å². The standard InChI is InChI=1S/C11H11N3OS/c1-7(13-14-11(12)15)9-6-16-10-5-3-2-4-8(9)10/h2-6H,1H3,(H3,12,14,15). The monoisotopic (exact) mass is 233 g/mol. The number of benzene rings is 1. The lowest BCUT2D eigenvalue weighted by atomic mass is 10.1. The molecule has 0 aliphatic heterocycles. The zero-order chi connectivity index (χ0) is 11.5. The number of fused-ring (bicyclic) bond motifs is 1. The average molecular weight is 233 g/mol. The lowest BCUT2D eigenvalue weighted by Gasteiger charge is -1.99. The molecule has 2 rings (SSSR count). The molecule has 1 aromatic carbocycles. The summed E-state index contributed by atoms with van der Waals surface area (Å²) >= 11 is 1.65. The van der Waals surface area contributed by atoms with Crippen molar-refractivity contribution in [3.8, 4) is 0 Å². The van der Waals surface area contributed by atoms with Gasteiger partial charge in [0.2, 0.25) is 0 Å². The Labute approximate surface area is 96.8 Å². The lowest BCUT2D eigenvalue weighted by Crippen LogP contribution is -2.25. The molecule has 2 aromatic rings. The van der Waals surface area contributed by atoms with Crippen LogP contribution in [0.4, 0.5) is 4.79 Å². The van der Waals surface area contributed by atoms with Crippen molar-refractivity contribution in [2.45, 2.75) is 6.92 Å². The molecule has 82 valence electrons. The van der Waals surface area contributed by atoms with Gasteiger partial charge in [-0.05, 0) is 13.0 Å². The number of nitrogens with one attached hydrogen (secondary N) is 1. The predicted octanol–water partition coefficient (Wildman–Crippen LogP) is 2.29. The van der Waals surface area contributed by atoms with E-state index >= 15 is 0 Å². The van der Waals surface area contributed by atoms with Crippen molar-refractivity contribution in [2.75, 3.05) is 0 Å². The number of nitrogens with two attached hydrogens (primary N) is 1. The molecule has 0 bridgehead atoms. The molecule has 3 N–H and O–H groups in total. The van der Waals surface area contributed by atoms with Crippen LogP contribution >= 0.6 is 11.3 Å². The topological polar surface area (TPSA) is 67.5 Å². The van der Waals surface area contributed by atoms with Gasteiger partial charge in [-0.15, -0.1) is 11.3 Å². The van der Waals surface area contributed by atoms with Crippen LogP contribution in [0.25, 0.3) is 10.1 Å². The first kappa shape index (κ1) is 10.6. The number of nitrogens with zero attached hydrogens (tertiary/aromatic N) is 1. The highest BCUT2D eigenvalue weighted by Crippen LogP contribution is 2.25. The SMILES string of the molecule is CC(=NNC(N)=O)c1csc2ccccc12. The average Bonchev–Trinajstić information content (AvgIpc) is 2.69. The Hall–Kier alpha value is -1.88. The van der Waals surface area contributed by atoms with E-state index in [-0.39, 0.29) is 0 Å². The molecule has 0 unspecified atom stereocenters. The third-order valence-corrected chi connectivity index (χ3v) is 3.17. The maximum Gasteiger partial charge on any atom is 0.332 e. The minimum Gasteiger partial charge on any atom is -0.350 e. The van der Waals surface area contributed by atoms with Crippen molar-refractivity contribution in [1.29, 1.82) is 0 Å². The molecular formula is C11H11N3OS. The number of carbonyl (C=O) groups is 1. The number of carbonyl (C=O) groups excluding carboxylic acids is 1. The van der Waals surface area contributed by atoms with E-state index in [0.29, 0.717) is 0 Å². The fraction of sp³-hybridized carbons (Fsp3) is 0.0909. The summed E-state index contributed by atoms with van der Waals surface area (Å²) in [6.07, 6.45) is 0. The first-order valence-electron chi connectivity index (χ1n) is 4.75. The van der Waals surface area contributed by atoms with Crippen molar-refractivity contribution < 1.29 is 4.79 Å². The summed E-state index contributed by atoms with van der Waals surface area (Å²) in [5.41, 5.74) is 8.95. The van der Waals surface area contributed by atoms with Crippen molar-refractivity contribution in [1.82, 2.24) is 5.43 Å². The van der Waals surface area contributed by atoms with Gasteiger partial charge in [0.05, 0.1) is 5.71 Å². The van der Waals surface area contributed by atoms with Gasteiger partial charge in [0.1, 0.15) is 0 Å². The number of hydrogen-bond donors (Lipinski definition) is 2. The Morgan fingerprint density at radius 3 is 2.94 bits per heavy atom. The quantitative estimate of drug-likeness (QED) is 0.606. The van der Waals surface area contributed by atoms with Gasteiger partial charge in [-0.3, -0.25) is 0 Å². The van der Waals surface area contributed by atoms with Crippen LogP contribution < -0.4 is 11.2 Å². The third-order valence-electron chi connectivity index (χ3n) is 2.20. The number of urea groups is 1. The van der Waals surface area contributed by atoms with Gasteiger partial charge in [-0.2, -0.15) is 5.10 Å². The Morgan fingerprint density at radius 2 is 2.19 bits per heavy atom. The highest BCUT2D eigenvalue weighted by atomic mass is 32.1. The van der Waals surface area contributed by atoms with E-state index in [1.54, 1.807) is 11.3 Å². The fourth-order valence-electron chi connectivity index (χ4n) is 1.46. The van der Waals surface area contributed by atoms with E-state index in [4.69, 9.17) is 5.73 Å². The summed E-state index contributed by atoms with van der Waals surface area (Å²) in [5, 5.41) is 7.07. The van der Waals surface area contributed by atoms with Crippen molar-refractivity contribution in [2.24, 2.45) is 10.8 Å². The first-order valence-corrected chi connectivity index (χ1v) is 5.63. The van der Waals surface area contributed by atoms with Crippen LogP contribution in [0.2, 0.25) is 0 Å². The number of amides is 2. The normalized spacial score (nSPS) is 11.7. The van der Waals surface area contributed by atoms with Crippen LogP contribution in [0.15, 0.2) is 34.7 Å². The van der Waals surface area contributed by atoms with Gasteiger partial charge in [0, 0.05) is 21.0 Å².